The molecule has 1 aromatic carbocycles. The van der Waals surface area contributed by atoms with Crippen molar-refractivity contribution in [1.29, 1.82) is 0 Å². The maximum Gasteiger partial charge on any atom is 0.269 e. The van der Waals surface area contributed by atoms with Crippen LogP contribution in [0.4, 0.5) is 5.69 Å². The number of rotatable bonds is 5. The molecule has 0 spiro atoms. The third-order valence-electron chi connectivity index (χ3n) is 2.29. The molecule has 0 aliphatic carbocycles. The van der Waals surface area contributed by atoms with Crippen molar-refractivity contribution in [2.75, 3.05) is 14.2 Å². The minimum atomic E-state index is -0.457. The van der Waals surface area contributed by atoms with E-state index in [4.69, 9.17) is 4.84 Å². The van der Waals surface area contributed by atoms with Crippen LogP contribution in [0.5, 0.6) is 0 Å². The number of thioether (sulfide) groups is 1. The van der Waals surface area contributed by atoms with Crippen LogP contribution in [0.25, 0.3) is 0 Å². The van der Waals surface area contributed by atoms with Gasteiger partial charge in [-0.05, 0) is 19.1 Å². The summed E-state index contributed by atoms with van der Waals surface area (Å²) in [5, 5.41) is 11.3. The first kappa shape index (κ1) is 14.5. The normalized spacial score (nSPS) is 11.9. The lowest BCUT2D eigenvalue weighted by Crippen LogP contribution is -2.32. The fraction of sp³-hybridized carbons (Fsp3) is 0.364. The van der Waals surface area contributed by atoms with Gasteiger partial charge in [-0.25, -0.2) is 5.06 Å². The molecule has 0 N–H and O–H groups in total. The Labute approximate surface area is 109 Å². The summed E-state index contributed by atoms with van der Waals surface area (Å²) in [5.74, 6) is -0.166. The van der Waals surface area contributed by atoms with Crippen LogP contribution in [-0.2, 0) is 9.63 Å². The lowest BCUT2D eigenvalue weighted by Gasteiger charge is -2.18. The van der Waals surface area contributed by atoms with Crippen LogP contribution < -0.4 is 0 Å². The molecule has 0 radical (unpaired) electrons. The average Bonchev–Trinajstić information content (AvgIpc) is 2.37. The number of nitro groups is 1. The highest BCUT2D eigenvalue weighted by atomic mass is 32.2. The molecule has 0 aliphatic heterocycles. The van der Waals surface area contributed by atoms with Crippen LogP contribution in [0, 0.1) is 10.1 Å². The Kier molecular flexibility index (Phi) is 5.11. The molecule has 0 heterocycles. The zero-order valence-electron chi connectivity index (χ0n) is 10.3. The second kappa shape index (κ2) is 6.36. The van der Waals surface area contributed by atoms with Crippen molar-refractivity contribution < 1.29 is 14.6 Å². The smallest absolute Gasteiger partial charge is 0.269 e. The Bertz CT molecular complexity index is 435. The lowest BCUT2D eigenvalue weighted by atomic mass is 10.3. The van der Waals surface area contributed by atoms with Gasteiger partial charge in [-0.2, -0.15) is 0 Å². The van der Waals surface area contributed by atoms with Crippen LogP contribution in [0.1, 0.15) is 6.92 Å². The molecule has 7 heteroatoms. The van der Waals surface area contributed by atoms with E-state index in [9.17, 15) is 14.9 Å². The number of hydrogen-bond donors (Lipinski definition) is 0. The molecule has 0 aliphatic rings. The number of hydroxylamine groups is 2. The molecular weight excluding hydrogens is 256 g/mol. The average molecular weight is 270 g/mol. The first-order valence-electron chi connectivity index (χ1n) is 5.18. The summed E-state index contributed by atoms with van der Waals surface area (Å²) in [7, 11) is 2.95. The number of hydrogen-bond acceptors (Lipinski definition) is 5. The summed E-state index contributed by atoms with van der Waals surface area (Å²) in [6.07, 6.45) is 0. The third-order valence-corrected chi connectivity index (χ3v) is 3.39. The van der Waals surface area contributed by atoms with Gasteiger partial charge in [-0.3, -0.25) is 19.7 Å². The number of non-ortho nitro benzene ring substituents is 1. The predicted octanol–water partition coefficient (Wildman–Crippen LogP) is 2.10. The van der Waals surface area contributed by atoms with E-state index in [2.05, 4.69) is 0 Å². The van der Waals surface area contributed by atoms with Crippen molar-refractivity contribution in [2.24, 2.45) is 0 Å². The lowest BCUT2D eigenvalue weighted by molar-refractivity contribution is -0.384. The quantitative estimate of drug-likeness (QED) is 0.465. The first-order chi connectivity index (χ1) is 8.45. The molecular formula is C11H14N2O4S. The Balaban J connectivity index is 2.67. The summed E-state index contributed by atoms with van der Waals surface area (Å²) in [6.45, 7) is 1.75. The van der Waals surface area contributed by atoms with Gasteiger partial charge < -0.3 is 0 Å². The summed E-state index contributed by atoms with van der Waals surface area (Å²) in [6, 6.07) is 6.08. The van der Waals surface area contributed by atoms with Crippen molar-refractivity contribution in [1.82, 2.24) is 5.06 Å². The molecule has 1 atom stereocenters. The third kappa shape index (κ3) is 3.71. The fourth-order valence-corrected chi connectivity index (χ4v) is 2.20. The van der Waals surface area contributed by atoms with Gasteiger partial charge in [-0.15, -0.1) is 11.8 Å². The number of nitro benzene ring substituents is 1. The first-order valence-corrected chi connectivity index (χ1v) is 6.06. The maximum atomic E-state index is 11.7. The van der Waals surface area contributed by atoms with E-state index >= 15 is 0 Å². The molecule has 18 heavy (non-hydrogen) atoms. The molecule has 0 fully saturated rings. The van der Waals surface area contributed by atoms with Gasteiger partial charge >= 0.3 is 0 Å². The molecule has 0 aromatic heterocycles. The van der Waals surface area contributed by atoms with E-state index in [1.807, 2.05) is 0 Å². The van der Waals surface area contributed by atoms with Crippen LogP contribution >= 0.6 is 11.8 Å². The summed E-state index contributed by atoms with van der Waals surface area (Å²) in [4.78, 5) is 27.4. The summed E-state index contributed by atoms with van der Waals surface area (Å²) >= 11 is 1.32. The van der Waals surface area contributed by atoms with Crippen molar-refractivity contribution in [2.45, 2.75) is 17.1 Å². The number of nitrogens with zero attached hydrogens (tertiary/aromatic N) is 2. The van der Waals surface area contributed by atoms with Gasteiger partial charge in [0.2, 0.25) is 0 Å². The van der Waals surface area contributed by atoms with E-state index in [0.717, 1.165) is 9.96 Å². The van der Waals surface area contributed by atoms with Crippen molar-refractivity contribution in [3.63, 3.8) is 0 Å². The highest BCUT2D eigenvalue weighted by Gasteiger charge is 2.18. The van der Waals surface area contributed by atoms with Gasteiger partial charge in [0.1, 0.15) is 0 Å². The molecule has 1 rings (SSSR count). The van der Waals surface area contributed by atoms with E-state index in [1.54, 1.807) is 19.1 Å². The van der Waals surface area contributed by atoms with Gasteiger partial charge in [0.25, 0.3) is 11.6 Å². The summed E-state index contributed by atoms with van der Waals surface area (Å²) < 4.78 is 0. The Morgan fingerprint density at radius 2 is 2.00 bits per heavy atom. The molecule has 0 saturated heterocycles. The number of carbonyl (C=O) groups is 1. The van der Waals surface area contributed by atoms with E-state index in [1.165, 1.54) is 38.1 Å². The van der Waals surface area contributed by atoms with E-state index in [-0.39, 0.29) is 16.8 Å². The van der Waals surface area contributed by atoms with Gasteiger partial charge in [0.05, 0.1) is 17.3 Å². The van der Waals surface area contributed by atoms with E-state index in [0.29, 0.717) is 0 Å². The van der Waals surface area contributed by atoms with Gasteiger partial charge in [0.15, 0.2) is 0 Å². The highest BCUT2D eigenvalue weighted by molar-refractivity contribution is 8.00. The fourth-order valence-electron chi connectivity index (χ4n) is 1.25. The molecule has 0 unspecified atom stereocenters. The maximum absolute atomic E-state index is 11.7. The largest absolute Gasteiger partial charge is 0.275 e. The SMILES string of the molecule is CON(C)C(=O)[C@@H](C)Sc1ccc([N+](=O)[O-])cc1. The van der Waals surface area contributed by atoms with Crippen molar-refractivity contribution >= 4 is 23.4 Å². The Morgan fingerprint density at radius 3 is 2.44 bits per heavy atom. The molecule has 1 aromatic rings. The van der Waals surface area contributed by atoms with Crippen molar-refractivity contribution in [3.8, 4) is 0 Å². The molecule has 0 bridgehead atoms. The Morgan fingerprint density at radius 1 is 1.44 bits per heavy atom. The van der Waals surface area contributed by atoms with Crippen LogP contribution in [0.2, 0.25) is 0 Å². The number of amides is 1. The zero-order valence-corrected chi connectivity index (χ0v) is 11.1. The van der Waals surface area contributed by atoms with Crippen LogP contribution in [0.3, 0.4) is 0 Å². The second-order valence-corrected chi connectivity index (χ2v) is 4.94. The summed E-state index contributed by atoms with van der Waals surface area (Å²) in [5.41, 5.74) is 0.0346. The number of benzene rings is 1. The van der Waals surface area contributed by atoms with Gasteiger partial charge in [0, 0.05) is 24.1 Å². The molecule has 0 saturated carbocycles. The molecule has 98 valence electrons. The second-order valence-electron chi connectivity index (χ2n) is 3.53. The van der Waals surface area contributed by atoms with Gasteiger partial charge in [-0.1, -0.05) is 0 Å². The molecule has 1 amide bonds. The van der Waals surface area contributed by atoms with E-state index < -0.39 is 4.92 Å². The van der Waals surface area contributed by atoms with Crippen LogP contribution in [-0.4, -0.2) is 35.3 Å². The number of carbonyl (C=O) groups excluding carboxylic acids is 1. The predicted molar refractivity (Wildman–Crippen MR) is 68.2 cm³/mol. The standard InChI is InChI=1S/C11H14N2O4S/c1-8(11(14)12(2)17-3)18-10-6-4-9(5-7-10)13(15)16/h4-8H,1-3H3/t8-/m1/s1. The minimum absolute atomic E-state index is 0.0346. The van der Waals surface area contributed by atoms with Crippen molar-refractivity contribution in [3.05, 3.63) is 34.4 Å². The van der Waals surface area contributed by atoms with Crippen LogP contribution in [0.15, 0.2) is 29.2 Å². The highest BCUT2D eigenvalue weighted by Crippen LogP contribution is 2.26. The minimum Gasteiger partial charge on any atom is -0.275 e. The Hall–Kier alpha value is -1.60. The topological polar surface area (TPSA) is 72.7 Å². The zero-order chi connectivity index (χ0) is 13.7. The molecule has 6 nitrogen and oxygen atoms in total. The monoisotopic (exact) mass is 270 g/mol.